The molecule has 0 aliphatic rings. The van der Waals surface area contributed by atoms with Crippen molar-refractivity contribution in [3.05, 3.63) is 47.0 Å². The Kier molecular flexibility index (Phi) is 3.47. The first-order valence-corrected chi connectivity index (χ1v) is 7.26. The Labute approximate surface area is 130 Å². The summed E-state index contributed by atoms with van der Waals surface area (Å²) in [7, 11) is 0. The fourth-order valence-electron chi connectivity index (χ4n) is 2.74. The maximum absolute atomic E-state index is 11.9. The molecule has 0 aliphatic heterocycles. The average molecular weight is 320 g/mol. The fraction of sp³-hybridized carbons (Fsp3) is 0.125. The Balaban J connectivity index is 2.58. The number of fused-ring (bicyclic) bond motifs is 3. The lowest BCUT2D eigenvalue weighted by atomic mass is 9.96. The maximum atomic E-state index is 11.9. The monoisotopic (exact) mass is 319 g/mol. The summed E-state index contributed by atoms with van der Waals surface area (Å²) in [5, 5.41) is 0.491. The summed E-state index contributed by atoms with van der Waals surface area (Å²) in [6.45, 7) is 1.90. The molecule has 5 heteroatoms. The van der Waals surface area contributed by atoms with Crippen LogP contribution >= 0.6 is 23.2 Å². The predicted octanol–water partition coefficient (Wildman–Crippen LogP) is 4.64. The first kappa shape index (κ1) is 14.1. The van der Waals surface area contributed by atoms with E-state index in [1.165, 1.54) is 0 Å². The summed E-state index contributed by atoms with van der Waals surface area (Å²) >= 11 is 11.4. The van der Waals surface area contributed by atoms with Gasteiger partial charge < -0.3 is 4.98 Å². The highest BCUT2D eigenvalue weighted by Crippen LogP contribution is 2.33. The normalized spacial score (nSPS) is 11.2. The minimum absolute atomic E-state index is 0.155. The zero-order valence-electron chi connectivity index (χ0n) is 11.2. The quantitative estimate of drug-likeness (QED) is 0.715. The predicted molar refractivity (Wildman–Crippen MR) is 85.5 cm³/mol. The number of hydrogen-bond acceptors (Lipinski definition) is 2. The second kappa shape index (κ2) is 5.17. The molecule has 1 N–H and O–H groups in total. The third-order valence-electron chi connectivity index (χ3n) is 3.66. The molecule has 3 rings (SSSR count). The minimum atomic E-state index is -0.689. The maximum Gasteiger partial charge on any atom is 0.255 e. The summed E-state index contributed by atoms with van der Waals surface area (Å²) in [5.74, 6) is 0. The molecule has 0 bridgehead atoms. The van der Waals surface area contributed by atoms with Crippen LogP contribution in [-0.4, -0.2) is 15.5 Å². The van der Waals surface area contributed by atoms with Crippen LogP contribution < -0.4 is 0 Å². The van der Waals surface area contributed by atoms with Gasteiger partial charge in [0.25, 0.3) is 10.5 Å². The molecule has 106 valence electrons. The minimum Gasteiger partial charge on any atom is -0.354 e. The van der Waals surface area contributed by atoms with Crippen molar-refractivity contribution in [2.24, 2.45) is 0 Å². The van der Waals surface area contributed by atoms with Crippen LogP contribution in [0.3, 0.4) is 0 Å². The standard InChI is InChI=1S/C16H11Cl2NO2/c1-2-8-7-10-9-5-3-4-6-11(9)19-14(10)13(16(18)21)12(8)15(17)20/h3-7,19H,2H2,1H3. The lowest BCUT2D eigenvalue weighted by Gasteiger charge is -2.09. The topological polar surface area (TPSA) is 49.9 Å². The number of benzene rings is 2. The van der Waals surface area contributed by atoms with Crippen LogP contribution in [0.2, 0.25) is 0 Å². The van der Waals surface area contributed by atoms with Gasteiger partial charge >= 0.3 is 0 Å². The van der Waals surface area contributed by atoms with Gasteiger partial charge in [0.2, 0.25) is 0 Å². The SMILES string of the molecule is CCc1cc2c([nH]c3ccccc32)c(C(=O)Cl)c1C(=O)Cl. The molecule has 0 saturated carbocycles. The highest BCUT2D eigenvalue weighted by atomic mass is 35.5. The van der Waals surface area contributed by atoms with Crippen molar-refractivity contribution in [1.82, 2.24) is 4.98 Å². The van der Waals surface area contributed by atoms with Crippen LogP contribution in [0, 0.1) is 0 Å². The van der Waals surface area contributed by atoms with Crippen LogP contribution in [0.1, 0.15) is 33.2 Å². The highest BCUT2D eigenvalue weighted by Gasteiger charge is 2.23. The summed E-state index contributed by atoms with van der Waals surface area (Å²) in [6.07, 6.45) is 0.584. The zero-order chi connectivity index (χ0) is 15.1. The molecule has 3 nitrogen and oxygen atoms in total. The molecular weight excluding hydrogens is 309 g/mol. The summed E-state index contributed by atoms with van der Waals surface area (Å²) in [6, 6.07) is 9.58. The van der Waals surface area contributed by atoms with Gasteiger partial charge in [0.05, 0.1) is 16.6 Å². The van der Waals surface area contributed by atoms with Crippen LogP contribution in [-0.2, 0) is 6.42 Å². The molecule has 2 aromatic carbocycles. The number of para-hydroxylation sites is 1. The largest absolute Gasteiger partial charge is 0.354 e. The first-order valence-electron chi connectivity index (χ1n) is 6.50. The van der Waals surface area contributed by atoms with Gasteiger partial charge in [-0.2, -0.15) is 0 Å². The Morgan fingerprint density at radius 2 is 1.71 bits per heavy atom. The van der Waals surface area contributed by atoms with Crippen molar-refractivity contribution in [2.45, 2.75) is 13.3 Å². The van der Waals surface area contributed by atoms with Crippen molar-refractivity contribution >= 4 is 55.5 Å². The van der Waals surface area contributed by atoms with Crippen LogP contribution in [0.15, 0.2) is 30.3 Å². The van der Waals surface area contributed by atoms with Gasteiger partial charge in [-0.05, 0) is 47.3 Å². The van der Waals surface area contributed by atoms with Gasteiger partial charge in [-0.3, -0.25) is 9.59 Å². The number of carbonyl (C=O) groups excluding carboxylic acids is 2. The molecule has 0 spiro atoms. The second-order valence-electron chi connectivity index (χ2n) is 4.78. The lowest BCUT2D eigenvalue weighted by Crippen LogP contribution is -2.06. The number of H-pyrrole nitrogens is 1. The van der Waals surface area contributed by atoms with E-state index in [1.54, 1.807) is 0 Å². The lowest BCUT2D eigenvalue weighted by molar-refractivity contribution is 0.105. The van der Waals surface area contributed by atoms with E-state index in [0.717, 1.165) is 21.9 Å². The number of aromatic nitrogens is 1. The van der Waals surface area contributed by atoms with Gasteiger partial charge in [-0.25, -0.2) is 0 Å². The number of hydrogen-bond donors (Lipinski definition) is 1. The molecule has 0 saturated heterocycles. The number of halogens is 2. The van der Waals surface area contributed by atoms with Gasteiger partial charge in [-0.15, -0.1) is 0 Å². The molecule has 0 aliphatic carbocycles. The Hall–Kier alpha value is -1.84. The highest BCUT2D eigenvalue weighted by molar-refractivity contribution is 6.72. The van der Waals surface area contributed by atoms with Crippen molar-refractivity contribution in [2.75, 3.05) is 0 Å². The van der Waals surface area contributed by atoms with Crippen molar-refractivity contribution in [3.8, 4) is 0 Å². The molecule has 21 heavy (non-hydrogen) atoms. The molecule has 3 aromatic rings. The van der Waals surface area contributed by atoms with Crippen molar-refractivity contribution in [3.63, 3.8) is 0 Å². The summed E-state index contributed by atoms with van der Waals surface area (Å²) < 4.78 is 0. The molecule has 1 aromatic heterocycles. The number of carbonyl (C=O) groups is 2. The third-order valence-corrected chi connectivity index (χ3v) is 4.04. The number of aryl methyl sites for hydroxylation is 1. The van der Waals surface area contributed by atoms with E-state index in [1.807, 2.05) is 37.3 Å². The van der Waals surface area contributed by atoms with E-state index in [2.05, 4.69) is 4.98 Å². The van der Waals surface area contributed by atoms with E-state index in [4.69, 9.17) is 23.2 Å². The summed E-state index contributed by atoms with van der Waals surface area (Å²) in [5.41, 5.74) is 2.50. The molecule has 0 atom stereocenters. The van der Waals surface area contributed by atoms with Crippen molar-refractivity contribution < 1.29 is 9.59 Å². The molecule has 0 fully saturated rings. The van der Waals surface area contributed by atoms with E-state index in [9.17, 15) is 9.59 Å². The Morgan fingerprint density at radius 3 is 2.33 bits per heavy atom. The smallest absolute Gasteiger partial charge is 0.255 e. The van der Waals surface area contributed by atoms with E-state index in [0.29, 0.717) is 11.9 Å². The van der Waals surface area contributed by atoms with E-state index >= 15 is 0 Å². The Bertz CT molecular complexity index is 896. The van der Waals surface area contributed by atoms with Gasteiger partial charge in [0, 0.05) is 16.3 Å². The Morgan fingerprint density at radius 1 is 1.05 bits per heavy atom. The number of nitrogens with one attached hydrogen (secondary N) is 1. The van der Waals surface area contributed by atoms with Gasteiger partial charge in [0.1, 0.15) is 0 Å². The average Bonchev–Trinajstić information content (AvgIpc) is 2.82. The molecule has 1 heterocycles. The molecule has 0 unspecified atom stereocenters. The molecule has 0 radical (unpaired) electrons. The second-order valence-corrected chi connectivity index (χ2v) is 5.47. The zero-order valence-corrected chi connectivity index (χ0v) is 12.7. The van der Waals surface area contributed by atoms with Gasteiger partial charge in [-0.1, -0.05) is 25.1 Å². The number of rotatable bonds is 3. The first-order chi connectivity index (χ1) is 10.0. The van der Waals surface area contributed by atoms with E-state index < -0.39 is 10.5 Å². The van der Waals surface area contributed by atoms with Crippen LogP contribution in [0.25, 0.3) is 21.8 Å². The summed E-state index contributed by atoms with van der Waals surface area (Å²) in [4.78, 5) is 26.8. The molecular formula is C16H11Cl2NO2. The van der Waals surface area contributed by atoms with Gasteiger partial charge in [0.15, 0.2) is 0 Å². The fourth-order valence-corrected chi connectivity index (χ4v) is 3.15. The van der Waals surface area contributed by atoms with Crippen LogP contribution in [0.4, 0.5) is 0 Å². The van der Waals surface area contributed by atoms with E-state index in [-0.39, 0.29) is 11.1 Å². The van der Waals surface area contributed by atoms with Crippen LogP contribution in [0.5, 0.6) is 0 Å². The van der Waals surface area contributed by atoms with Crippen molar-refractivity contribution in [1.29, 1.82) is 0 Å². The third kappa shape index (κ3) is 2.13. The molecule has 0 amide bonds. The number of aromatic amines is 1.